The summed E-state index contributed by atoms with van der Waals surface area (Å²) in [5, 5.41) is 64.5. The summed E-state index contributed by atoms with van der Waals surface area (Å²) in [5.74, 6) is -12.1. The number of furan rings is 1. The second-order valence-corrected chi connectivity index (χ2v) is 12.5. The molecule has 0 saturated carbocycles. The van der Waals surface area contributed by atoms with Crippen LogP contribution in [0, 0.1) is 11.8 Å². The molecule has 0 aliphatic carbocycles. The highest BCUT2D eigenvalue weighted by Gasteiger charge is 2.34. The quantitative estimate of drug-likeness (QED) is 0.0604. The zero-order valence-electron chi connectivity index (χ0n) is 29.9. The Kier molecular flexibility index (Phi) is 18.8. The average molecular weight is 793 g/mol. The Labute approximate surface area is 318 Å². The van der Waals surface area contributed by atoms with Gasteiger partial charge in [-0.25, -0.2) is 14.4 Å². The number of carboxylic acid groups (broad SMARTS) is 6. The van der Waals surface area contributed by atoms with Crippen molar-refractivity contribution in [3.8, 4) is 5.75 Å². The van der Waals surface area contributed by atoms with Crippen molar-refractivity contribution in [3.05, 3.63) is 53.5 Å². The lowest BCUT2D eigenvalue weighted by molar-refractivity contribution is -0.155. The van der Waals surface area contributed by atoms with Crippen molar-refractivity contribution in [2.24, 2.45) is 11.8 Å². The Balaban J connectivity index is 1.76. The number of hydrogen-bond acceptors (Lipinski definition) is 11. The summed E-state index contributed by atoms with van der Waals surface area (Å²) in [6, 6.07) is 5.53. The van der Waals surface area contributed by atoms with E-state index in [1.807, 2.05) is 0 Å². The Bertz CT molecular complexity index is 1710. The molecule has 1 aromatic heterocycles. The monoisotopic (exact) mass is 792 g/mol. The van der Waals surface area contributed by atoms with Gasteiger partial charge in [-0.1, -0.05) is 12.1 Å². The third-order valence-electron chi connectivity index (χ3n) is 8.25. The number of amides is 4. The summed E-state index contributed by atoms with van der Waals surface area (Å²) in [6.07, 6.45) is -3.20. The molecule has 21 nitrogen and oxygen atoms in total. The van der Waals surface area contributed by atoms with Crippen LogP contribution in [0.3, 0.4) is 0 Å². The van der Waals surface area contributed by atoms with Crippen molar-refractivity contribution in [2.75, 3.05) is 6.54 Å². The number of benzene rings is 1. The lowest BCUT2D eigenvalue weighted by Crippen LogP contribution is -2.44. The number of aliphatic carboxylic acids is 5. The van der Waals surface area contributed by atoms with Gasteiger partial charge in [0.1, 0.15) is 30.2 Å². The van der Waals surface area contributed by atoms with E-state index < -0.39 is 116 Å². The zero-order chi connectivity index (χ0) is 41.8. The molecule has 1 aromatic carbocycles. The highest BCUT2D eigenvalue weighted by Crippen LogP contribution is 2.24. The lowest BCUT2D eigenvalue weighted by atomic mass is 9.85. The lowest BCUT2D eigenvalue weighted by Gasteiger charge is -2.20. The van der Waals surface area contributed by atoms with Crippen molar-refractivity contribution < 1.29 is 82.9 Å². The molecular weight excluding hydrogens is 748 g/mol. The second-order valence-electron chi connectivity index (χ2n) is 12.5. The first-order chi connectivity index (χ1) is 26.4. The maximum absolute atomic E-state index is 12.5. The fourth-order valence-corrected chi connectivity index (χ4v) is 5.27. The maximum atomic E-state index is 12.5. The van der Waals surface area contributed by atoms with Crippen molar-refractivity contribution in [3.63, 3.8) is 0 Å². The van der Waals surface area contributed by atoms with Gasteiger partial charge >= 0.3 is 35.9 Å². The van der Waals surface area contributed by atoms with Gasteiger partial charge in [0.05, 0.1) is 24.6 Å². The normalized spacial score (nSPS) is 12.9. The minimum absolute atomic E-state index is 0.0194. The van der Waals surface area contributed by atoms with E-state index >= 15 is 0 Å². The van der Waals surface area contributed by atoms with Gasteiger partial charge in [-0.2, -0.15) is 0 Å². The van der Waals surface area contributed by atoms with Crippen LogP contribution >= 0.6 is 0 Å². The fourth-order valence-electron chi connectivity index (χ4n) is 5.27. The van der Waals surface area contributed by atoms with Gasteiger partial charge in [0, 0.05) is 37.8 Å². The third kappa shape index (κ3) is 17.4. The summed E-state index contributed by atoms with van der Waals surface area (Å²) in [6.45, 7) is 0.420. The van der Waals surface area contributed by atoms with Crippen LogP contribution in [0.2, 0.25) is 0 Å². The molecule has 0 radical (unpaired) electrons. The van der Waals surface area contributed by atoms with Gasteiger partial charge < -0.3 is 61.1 Å². The van der Waals surface area contributed by atoms with Crippen molar-refractivity contribution in [1.82, 2.24) is 21.3 Å². The molecule has 0 aliphatic heterocycles. The van der Waals surface area contributed by atoms with E-state index in [1.54, 1.807) is 30.3 Å². The van der Waals surface area contributed by atoms with Gasteiger partial charge in [0.2, 0.25) is 17.7 Å². The third-order valence-corrected chi connectivity index (χ3v) is 8.25. The van der Waals surface area contributed by atoms with Gasteiger partial charge in [-0.3, -0.25) is 28.8 Å². The number of carboxylic acids is 5. The van der Waals surface area contributed by atoms with Crippen LogP contribution in [-0.2, 0) is 57.9 Å². The van der Waals surface area contributed by atoms with Crippen LogP contribution in [0.25, 0.3) is 0 Å². The van der Waals surface area contributed by atoms with E-state index in [9.17, 15) is 63.6 Å². The summed E-state index contributed by atoms with van der Waals surface area (Å²) < 4.78 is 11.0. The smallest absolute Gasteiger partial charge is 0.405 e. The highest BCUT2D eigenvalue weighted by molar-refractivity contribution is 5.87. The molecule has 2 unspecified atom stereocenters. The van der Waals surface area contributed by atoms with E-state index in [0.717, 1.165) is 5.56 Å². The predicted octanol–water partition coefficient (Wildman–Crippen LogP) is 1.03. The van der Waals surface area contributed by atoms with Crippen LogP contribution in [0.1, 0.15) is 68.3 Å². The van der Waals surface area contributed by atoms with Crippen molar-refractivity contribution >= 4 is 53.7 Å². The van der Waals surface area contributed by atoms with Crippen LogP contribution in [-0.4, -0.2) is 103 Å². The SMILES string of the molecule is O=C(O)CCC(C(=O)O)C(CCC(=O)N[C@@H](CCC(=O)N[C@@H](CCC(=O)NCCc1ccc(OCc2coc(CNC(=O)O)c2)cc1)C(=O)O)C(=O)O)C(=O)O. The molecule has 0 spiro atoms. The Hall–Kier alpha value is -6.67. The molecule has 0 bridgehead atoms. The highest BCUT2D eigenvalue weighted by atomic mass is 16.5. The van der Waals surface area contributed by atoms with Gasteiger partial charge in [0.25, 0.3) is 0 Å². The minimum Gasteiger partial charge on any atom is -0.489 e. The number of ether oxygens (including phenoxy) is 1. The molecule has 0 aliphatic rings. The summed E-state index contributed by atoms with van der Waals surface area (Å²) in [4.78, 5) is 105. The van der Waals surface area contributed by atoms with Crippen LogP contribution in [0.4, 0.5) is 4.79 Å². The number of hydrogen-bond donors (Lipinski definition) is 10. The number of rotatable bonds is 27. The molecule has 4 amide bonds. The van der Waals surface area contributed by atoms with Gasteiger partial charge in [-0.15, -0.1) is 0 Å². The molecule has 56 heavy (non-hydrogen) atoms. The Morgan fingerprint density at radius 3 is 1.62 bits per heavy atom. The summed E-state index contributed by atoms with van der Waals surface area (Å²) >= 11 is 0. The molecule has 2 aromatic rings. The maximum Gasteiger partial charge on any atom is 0.405 e. The molecule has 306 valence electrons. The molecule has 2 rings (SSSR count). The summed E-state index contributed by atoms with van der Waals surface area (Å²) in [7, 11) is 0. The van der Waals surface area contributed by atoms with Gasteiger partial charge in [0.15, 0.2) is 0 Å². The molecule has 4 atom stereocenters. The van der Waals surface area contributed by atoms with E-state index in [-0.39, 0.29) is 32.5 Å². The van der Waals surface area contributed by atoms with Crippen LogP contribution < -0.4 is 26.0 Å². The number of carbonyl (C=O) groups is 9. The van der Waals surface area contributed by atoms with E-state index in [1.165, 1.54) is 6.26 Å². The number of nitrogens with one attached hydrogen (secondary N) is 4. The Morgan fingerprint density at radius 1 is 0.607 bits per heavy atom. The van der Waals surface area contributed by atoms with Crippen molar-refractivity contribution in [2.45, 2.75) is 83.0 Å². The standard InChI is InChI=1S/C35H44N4O17/c40-27(36-14-13-19-1-3-21(4-2-19)55-17-20-15-22(56-18-20)16-37-35(53)54)10-7-25(33(49)50)39-29(42)11-8-26(34(51)52)38-28(41)9-5-23(31(45)46)24(32(47)48)6-12-30(43)44/h1-4,15,18,23-26,37H,5-14,16-17H2,(H,36,40)(H,38,41)(H,39,42)(H,43,44)(H,45,46)(H,47,48)(H,49,50)(H,51,52)(H,53,54)/t23?,24?,25-,26-/m0/s1. The van der Waals surface area contributed by atoms with E-state index in [0.29, 0.717) is 23.5 Å². The topological polar surface area (TPSA) is 346 Å². The first-order valence-electron chi connectivity index (χ1n) is 17.2. The first kappa shape index (κ1) is 45.5. The van der Waals surface area contributed by atoms with E-state index in [2.05, 4.69) is 21.3 Å². The molecular formula is C35H44N4O17. The number of carbonyl (C=O) groups excluding carboxylic acids is 3. The fraction of sp³-hybridized carbons (Fsp3) is 0.457. The Morgan fingerprint density at radius 2 is 1.12 bits per heavy atom. The van der Waals surface area contributed by atoms with Gasteiger partial charge in [-0.05, 0) is 55.9 Å². The average Bonchev–Trinajstić information content (AvgIpc) is 3.59. The zero-order valence-corrected chi connectivity index (χ0v) is 29.9. The predicted molar refractivity (Wildman–Crippen MR) is 187 cm³/mol. The minimum atomic E-state index is -1.65. The van der Waals surface area contributed by atoms with Crippen LogP contribution in [0.5, 0.6) is 5.75 Å². The van der Waals surface area contributed by atoms with Crippen LogP contribution in [0.15, 0.2) is 41.0 Å². The molecule has 1 heterocycles. The second kappa shape index (κ2) is 23.2. The molecule has 0 saturated heterocycles. The molecule has 0 fully saturated rings. The first-order valence-corrected chi connectivity index (χ1v) is 17.2. The summed E-state index contributed by atoms with van der Waals surface area (Å²) in [5.41, 5.74) is 1.56. The van der Waals surface area contributed by atoms with Crippen molar-refractivity contribution in [1.29, 1.82) is 0 Å². The molecule has 21 heteroatoms. The van der Waals surface area contributed by atoms with E-state index in [4.69, 9.17) is 19.4 Å². The molecule has 10 N–H and O–H groups in total. The largest absolute Gasteiger partial charge is 0.489 e.